The first-order valence-electron chi connectivity index (χ1n) is 7.58. The lowest BCUT2D eigenvalue weighted by Crippen LogP contribution is -2.57. The van der Waals surface area contributed by atoms with Crippen LogP contribution in [0, 0.1) is 5.92 Å². The second-order valence-corrected chi connectivity index (χ2v) is 6.06. The van der Waals surface area contributed by atoms with Crippen molar-refractivity contribution in [2.75, 3.05) is 13.2 Å². The van der Waals surface area contributed by atoms with E-state index in [1.807, 2.05) is 0 Å². The van der Waals surface area contributed by atoms with Gasteiger partial charge in [-0.25, -0.2) is 0 Å². The molecule has 0 saturated heterocycles. The van der Waals surface area contributed by atoms with E-state index in [2.05, 4.69) is 5.32 Å². The molecule has 7 N–H and O–H groups in total. The normalized spacial score (nSPS) is 35.4. The van der Waals surface area contributed by atoms with Gasteiger partial charge < -0.3 is 40.7 Å². The number of aliphatic hydroxyl groups excluding tert-OH is 6. The van der Waals surface area contributed by atoms with Crippen LogP contribution in [-0.2, 0) is 9.53 Å². The van der Waals surface area contributed by atoms with Gasteiger partial charge in [-0.3, -0.25) is 4.79 Å². The SMILES string of the molecule is CC(=O)N[C@@H](CO[C@H]1CC(CO)[C@H](O)[C@H](O)C1O)[C@H](O)[C@@H](C)O. The number of carbonyl (C=O) groups excluding carboxylic acids is 1. The molecule has 23 heavy (non-hydrogen) atoms. The molecule has 0 aromatic rings. The standard InChI is InChI=1S/C14H27NO8/c1-6(17)11(19)9(15-7(2)18)5-23-10-3-8(4-16)12(20)14(22)13(10)21/h6,8-14,16-17,19-22H,3-5H2,1-2H3,(H,15,18)/t6-,8?,9+,10+,11-,12+,13?,14+/m1/s1. The number of amides is 1. The van der Waals surface area contributed by atoms with Gasteiger partial charge in [0.15, 0.2) is 0 Å². The minimum Gasteiger partial charge on any atom is -0.396 e. The molecule has 2 unspecified atom stereocenters. The third-order valence-corrected chi connectivity index (χ3v) is 4.12. The summed E-state index contributed by atoms with van der Waals surface area (Å²) in [7, 11) is 0. The first-order valence-corrected chi connectivity index (χ1v) is 7.58. The van der Waals surface area contributed by atoms with E-state index in [-0.39, 0.29) is 19.6 Å². The molecule has 9 heteroatoms. The molecule has 1 aliphatic rings. The molecule has 0 bridgehead atoms. The molecule has 8 atom stereocenters. The zero-order chi connectivity index (χ0) is 17.7. The van der Waals surface area contributed by atoms with E-state index in [1.54, 1.807) is 0 Å². The van der Waals surface area contributed by atoms with Crippen LogP contribution in [0.3, 0.4) is 0 Å². The maximum atomic E-state index is 11.2. The Hall–Kier alpha value is -0.810. The van der Waals surface area contributed by atoms with Crippen molar-refractivity contribution in [1.29, 1.82) is 0 Å². The Morgan fingerprint density at radius 1 is 1.22 bits per heavy atom. The lowest BCUT2D eigenvalue weighted by Gasteiger charge is -2.40. The Bertz CT molecular complexity index is 378. The Balaban J connectivity index is 2.69. The molecule has 0 radical (unpaired) electrons. The monoisotopic (exact) mass is 337 g/mol. The Morgan fingerprint density at radius 2 is 1.83 bits per heavy atom. The van der Waals surface area contributed by atoms with Crippen LogP contribution >= 0.6 is 0 Å². The van der Waals surface area contributed by atoms with E-state index in [0.717, 1.165) is 0 Å². The molecule has 0 heterocycles. The smallest absolute Gasteiger partial charge is 0.217 e. The van der Waals surface area contributed by atoms with Crippen molar-refractivity contribution in [2.24, 2.45) is 5.92 Å². The number of nitrogens with one attached hydrogen (secondary N) is 1. The Kier molecular flexibility index (Phi) is 7.81. The predicted molar refractivity (Wildman–Crippen MR) is 78.2 cm³/mol. The second-order valence-electron chi connectivity index (χ2n) is 6.06. The van der Waals surface area contributed by atoms with E-state index < -0.39 is 54.5 Å². The van der Waals surface area contributed by atoms with Crippen molar-refractivity contribution >= 4 is 5.91 Å². The molecule has 1 aliphatic carbocycles. The Morgan fingerprint density at radius 3 is 2.30 bits per heavy atom. The van der Waals surface area contributed by atoms with Gasteiger partial charge in [-0.05, 0) is 13.3 Å². The maximum absolute atomic E-state index is 11.2. The van der Waals surface area contributed by atoms with Gasteiger partial charge in [-0.2, -0.15) is 0 Å². The van der Waals surface area contributed by atoms with E-state index in [9.17, 15) is 35.4 Å². The zero-order valence-corrected chi connectivity index (χ0v) is 13.2. The first kappa shape index (κ1) is 20.2. The minimum absolute atomic E-state index is 0.105. The minimum atomic E-state index is -1.47. The predicted octanol–water partition coefficient (Wildman–Crippen LogP) is -3.29. The van der Waals surface area contributed by atoms with Gasteiger partial charge in [-0.15, -0.1) is 0 Å². The van der Waals surface area contributed by atoms with Gasteiger partial charge in [0, 0.05) is 19.4 Å². The topological polar surface area (TPSA) is 160 Å². The molecule has 1 saturated carbocycles. The van der Waals surface area contributed by atoms with Crippen molar-refractivity contribution < 1.29 is 40.2 Å². The summed E-state index contributed by atoms with van der Waals surface area (Å²) in [6.45, 7) is 2.01. The summed E-state index contributed by atoms with van der Waals surface area (Å²) in [5.41, 5.74) is 0. The molecular weight excluding hydrogens is 310 g/mol. The van der Waals surface area contributed by atoms with Gasteiger partial charge in [0.25, 0.3) is 0 Å². The highest BCUT2D eigenvalue weighted by Gasteiger charge is 2.43. The van der Waals surface area contributed by atoms with E-state index >= 15 is 0 Å². The molecule has 0 spiro atoms. The highest BCUT2D eigenvalue weighted by molar-refractivity contribution is 5.73. The lowest BCUT2D eigenvalue weighted by atomic mass is 9.81. The van der Waals surface area contributed by atoms with Crippen molar-refractivity contribution in [3.8, 4) is 0 Å². The molecule has 0 aliphatic heterocycles. The fourth-order valence-electron chi connectivity index (χ4n) is 2.68. The fourth-order valence-corrected chi connectivity index (χ4v) is 2.68. The molecule has 1 fully saturated rings. The molecular formula is C14H27NO8. The van der Waals surface area contributed by atoms with Gasteiger partial charge in [0.2, 0.25) is 5.91 Å². The maximum Gasteiger partial charge on any atom is 0.217 e. The highest BCUT2D eigenvalue weighted by Crippen LogP contribution is 2.27. The van der Waals surface area contributed by atoms with E-state index in [0.29, 0.717) is 0 Å². The van der Waals surface area contributed by atoms with Crippen molar-refractivity contribution in [3.63, 3.8) is 0 Å². The van der Waals surface area contributed by atoms with Crippen LogP contribution in [0.1, 0.15) is 20.3 Å². The summed E-state index contributed by atoms with van der Waals surface area (Å²) in [5, 5.41) is 60.4. The van der Waals surface area contributed by atoms with Crippen LogP contribution in [0.5, 0.6) is 0 Å². The van der Waals surface area contributed by atoms with Crippen molar-refractivity contribution in [2.45, 2.75) is 62.9 Å². The third kappa shape index (κ3) is 5.35. The lowest BCUT2D eigenvalue weighted by molar-refractivity contribution is -0.182. The van der Waals surface area contributed by atoms with Crippen molar-refractivity contribution in [1.82, 2.24) is 5.32 Å². The largest absolute Gasteiger partial charge is 0.396 e. The van der Waals surface area contributed by atoms with Gasteiger partial charge in [0.05, 0.1) is 31.0 Å². The van der Waals surface area contributed by atoms with Crippen LogP contribution in [0.4, 0.5) is 0 Å². The van der Waals surface area contributed by atoms with Crippen molar-refractivity contribution in [3.05, 3.63) is 0 Å². The number of ether oxygens (including phenoxy) is 1. The zero-order valence-electron chi connectivity index (χ0n) is 13.2. The summed E-state index contributed by atoms with van der Waals surface area (Å²) in [4.78, 5) is 11.2. The summed E-state index contributed by atoms with van der Waals surface area (Å²) in [6, 6.07) is -0.906. The summed E-state index contributed by atoms with van der Waals surface area (Å²) < 4.78 is 5.46. The second kappa shape index (κ2) is 8.88. The molecule has 0 aromatic heterocycles. The van der Waals surface area contributed by atoms with Crippen LogP contribution in [-0.4, -0.2) is 92.4 Å². The van der Waals surface area contributed by atoms with Crippen LogP contribution in [0.25, 0.3) is 0 Å². The molecule has 9 nitrogen and oxygen atoms in total. The van der Waals surface area contributed by atoms with Crippen LogP contribution in [0.15, 0.2) is 0 Å². The number of aliphatic hydroxyl groups is 6. The number of rotatable bonds is 7. The average molecular weight is 337 g/mol. The van der Waals surface area contributed by atoms with Gasteiger partial charge >= 0.3 is 0 Å². The highest BCUT2D eigenvalue weighted by atomic mass is 16.5. The quantitative estimate of drug-likeness (QED) is 0.254. The van der Waals surface area contributed by atoms with Crippen LogP contribution < -0.4 is 5.32 Å². The molecule has 1 amide bonds. The summed E-state index contributed by atoms with van der Waals surface area (Å²) >= 11 is 0. The van der Waals surface area contributed by atoms with Crippen LogP contribution in [0.2, 0.25) is 0 Å². The number of carbonyl (C=O) groups is 1. The average Bonchev–Trinajstić information content (AvgIpc) is 2.49. The molecule has 1 rings (SSSR count). The first-order chi connectivity index (χ1) is 10.7. The molecule has 136 valence electrons. The fraction of sp³-hybridized carbons (Fsp3) is 0.929. The van der Waals surface area contributed by atoms with E-state index in [4.69, 9.17) is 4.74 Å². The molecule has 0 aromatic carbocycles. The van der Waals surface area contributed by atoms with Gasteiger partial charge in [0.1, 0.15) is 18.3 Å². The van der Waals surface area contributed by atoms with E-state index in [1.165, 1.54) is 13.8 Å². The van der Waals surface area contributed by atoms with Gasteiger partial charge in [-0.1, -0.05) is 0 Å². The Labute approximate surface area is 134 Å². The third-order valence-electron chi connectivity index (χ3n) is 4.12. The number of hydrogen-bond donors (Lipinski definition) is 7. The summed E-state index contributed by atoms with van der Waals surface area (Å²) in [6.07, 6.45) is -7.26. The summed E-state index contributed by atoms with van der Waals surface area (Å²) in [5.74, 6) is -1.08. The number of hydrogen-bond acceptors (Lipinski definition) is 8.